The van der Waals surface area contributed by atoms with Crippen molar-refractivity contribution in [2.45, 2.75) is 22.9 Å². The summed E-state index contributed by atoms with van der Waals surface area (Å²) in [5.74, 6) is -0.000275. The average molecular weight is 308 g/mol. The van der Waals surface area contributed by atoms with Crippen LogP contribution >= 0.6 is 23.1 Å². The van der Waals surface area contributed by atoms with Crippen LogP contribution in [0.4, 0.5) is 5.13 Å². The lowest BCUT2D eigenvalue weighted by molar-refractivity contribution is -0.120. The van der Waals surface area contributed by atoms with Crippen molar-refractivity contribution >= 4 is 34.1 Å². The molecule has 0 saturated carbocycles. The first-order valence-corrected chi connectivity index (χ1v) is 7.92. The number of rotatable bonds is 6. The highest BCUT2D eigenvalue weighted by atomic mass is 32.2. The fourth-order valence-electron chi connectivity index (χ4n) is 1.59. The van der Waals surface area contributed by atoms with Crippen LogP contribution in [-0.2, 0) is 11.2 Å². The van der Waals surface area contributed by atoms with Crippen molar-refractivity contribution in [1.29, 1.82) is 0 Å². The number of hydrogen-bond acceptors (Lipinski definition) is 6. The average Bonchev–Trinajstić information content (AvgIpc) is 2.85. The Labute approximate surface area is 126 Å². The number of nitrogen functional groups attached to an aromatic ring is 1. The fourth-order valence-corrected chi connectivity index (χ4v) is 3.40. The summed E-state index contributed by atoms with van der Waals surface area (Å²) in [5, 5.41) is 10.8. The summed E-state index contributed by atoms with van der Waals surface area (Å²) in [6.07, 6.45) is 0.829. The molecule has 106 valence electrons. The lowest BCUT2D eigenvalue weighted by Gasteiger charge is -2.10. The summed E-state index contributed by atoms with van der Waals surface area (Å²) < 4.78 is 0.716. The Morgan fingerprint density at radius 1 is 1.40 bits per heavy atom. The molecule has 0 aliphatic carbocycles. The molecule has 7 heteroatoms. The number of benzene rings is 1. The zero-order valence-corrected chi connectivity index (χ0v) is 12.7. The van der Waals surface area contributed by atoms with Gasteiger partial charge >= 0.3 is 0 Å². The fraction of sp³-hybridized carbons (Fsp3) is 0.308. The van der Waals surface area contributed by atoms with Gasteiger partial charge in [-0.05, 0) is 18.9 Å². The van der Waals surface area contributed by atoms with Gasteiger partial charge in [0.25, 0.3) is 0 Å². The summed E-state index contributed by atoms with van der Waals surface area (Å²) in [5.41, 5.74) is 6.72. The largest absolute Gasteiger partial charge is 0.374 e. The molecule has 20 heavy (non-hydrogen) atoms. The lowest BCUT2D eigenvalue weighted by Crippen LogP contribution is -2.32. The summed E-state index contributed by atoms with van der Waals surface area (Å²) in [4.78, 5) is 11.9. The van der Waals surface area contributed by atoms with E-state index in [1.54, 1.807) is 0 Å². The number of carbonyl (C=O) groups is 1. The monoisotopic (exact) mass is 308 g/mol. The second-order valence-electron chi connectivity index (χ2n) is 4.19. The third-order valence-electron chi connectivity index (χ3n) is 2.62. The van der Waals surface area contributed by atoms with Crippen molar-refractivity contribution in [2.24, 2.45) is 0 Å². The van der Waals surface area contributed by atoms with Gasteiger partial charge in [-0.25, -0.2) is 0 Å². The van der Waals surface area contributed by atoms with E-state index in [-0.39, 0.29) is 11.2 Å². The van der Waals surface area contributed by atoms with Crippen LogP contribution in [0.5, 0.6) is 0 Å². The van der Waals surface area contributed by atoms with Gasteiger partial charge in [0.2, 0.25) is 11.0 Å². The first-order chi connectivity index (χ1) is 9.65. The van der Waals surface area contributed by atoms with E-state index in [9.17, 15) is 4.79 Å². The molecule has 1 aromatic heterocycles. The standard InChI is InChI=1S/C13H16N4OS2/c1-9(19-13-17-16-12(14)20-13)11(18)15-8-7-10-5-3-2-4-6-10/h2-6,9H,7-8H2,1H3,(H2,14,16)(H,15,18). The minimum Gasteiger partial charge on any atom is -0.374 e. The third-order valence-corrected chi connectivity index (χ3v) is 4.56. The van der Waals surface area contributed by atoms with Gasteiger partial charge in [0.15, 0.2) is 4.34 Å². The SMILES string of the molecule is CC(Sc1nnc(N)s1)C(=O)NCCc1ccccc1. The second kappa shape index (κ2) is 7.25. The number of carbonyl (C=O) groups excluding carboxylic acids is 1. The van der Waals surface area contributed by atoms with E-state index in [4.69, 9.17) is 5.73 Å². The molecule has 0 aliphatic rings. The molecule has 1 unspecified atom stereocenters. The van der Waals surface area contributed by atoms with Crippen LogP contribution in [0.15, 0.2) is 34.7 Å². The van der Waals surface area contributed by atoms with Gasteiger partial charge in [-0.2, -0.15) is 0 Å². The maximum atomic E-state index is 11.9. The van der Waals surface area contributed by atoms with Crippen LogP contribution < -0.4 is 11.1 Å². The van der Waals surface area contributed by atoms with Gasteiger partial charge in [-0.15, -0.1) is 10.2 Å². The number of anilines is 1. The van der Waals surface area contributed by atoms with Gasteiger partial charge in [0.1, 0.15) is 0 Å². The molecule has 0 radical (unpaired) electrons. The third kappa shape index (κ3) is 4.50. The summed E-state index contributed by atoms with van der Waals surface area (Å²) >= 11 is 2.66. The Kier molecular flexibility index (Phi) is 5.37. The number of aromatic nitrogens is 2. The molecule has 0 bridgehead atoms. The molecule has 2 rings (SSSR count). The first kappa shape index (κ1) is 14.8. The van der Waals surface area contributed by atoms with E-state index in [0.717, 1.165) is 6.42 Å². The number of hydrogen-bond donors (Lipinski definition) is 2. The Morgan fingerprint density at radius 2 is 2.15 bits per heavy atom. The minimum absolute atomic E-state index is 0.000275. The maximum absolute atomic E-state index is 11.9. The van der Waals surface area contributed by atoms with Crippen LogP contribution in [0, 0.1) is 0 Å². The van der Waals surface area contributed by atoms with Gasteiger partial charge < -0.3 is 11.1 Å². The van der Waals surface area contributed by atoms with Crippen LogP contribution in [0.1, 0.15) is 12.5 Å². The number of nitrogens with zero attached hydrogens (tertiary/aromatic N) is 2. The first-order valence-electron chi connectivity index (χ1n) is 6.22. The highest BCUT2D eigenvalue weighted by Crippen LogP contribution is 2.27. The molecule has 0 fully saturated rings. The molecule has 0 aliphatic heterocycles. The van der Waals surface area contributed by atoms with Gasteiger partial charge in [0.05, 0.1) is 5.25 Å². The molecule has 1 amide bonds. The van der Waals surface area contributed by atoms with Gasteiger partial charge in [0, 0.05) is 6.54 Å². The second-order valence-corrected chi connectivity index (χ2v) is 6.79. The summed E-state index contributed by atoms with van der Waals surface area (Å²) in [6, 6.07) is 10.1. The van der Waals surface area contributed by atoms with Crippen LogP contribution in [-0.4, -0.2) is 27.9 Å². The van der Waals surface area contributed by atoms with Crippen molar-refractivity contribution in [3.8, 4) is 0 Å². The summed E-state index contributed by atoms with van der Waals surface area (Å²) in [7, 11) is 0. The van der Waals surface area contributed by atoms with E-state index >= 15 is 0 Å². The number of nitrogens with two attached hydrogens (primary N) is 1. The molecule has 2 aromatic rings. The normalized spacial score (nSPS) is 12.1. The van der Waals surface area contributed by atoms with Gasteiger partial charge in [-0.1, -0.05) is 53.4 Å². The minimum atomic E-state index is -0.210. The number of thioether (sulfide) groups is 1. The van der Waals surface area contributed by atoms with Crippen molar-refractivity contribution in [2.75, 3.05) is 12.3 Å². The van der Waals surface area contributed by atoms with Crippen LogP contribution in [0.2, 0.25) is 0 Å². The van der Waals surface area contributed by atoms with Crippen molar-refractivity contribution in [1.82, 2.24) is 15.5 Å². The zero-order valence-electron chi connectivity index (χ0n) is 11.1. The maximum Gasteiger partial charge on any atom is 0.233 e. The Morgan fingerprint density at radius 3 is 2.80 bits per heavy atom. The van der Waals surface area contributed by atoms with Crippen molar-refractivity contribution in [3.05, 3.63) is 35.9 Å². The molecular weight excluding hydrogens is 292 g/mol. The Hall–Kier alpha value is -1.60. The predicted molar refractivity (Wildman–Crippen MR) is 82.8 cm³/mol. The van der Waals surface area contributed by atoms with Crippen LogP contribution in [0.3, 0.4) is 0 Å². The van der Waals surface area contributed by atoms with E-state index in [2.05, 4.69) is 15.5 Å². The molecule has 1 aromatic carbocycles. The Bertz CT molecular complexity index is 559. The van der Waals surface area contributed by atoms with E-state index in [1.165, 1.54) is 28.7 Å². The van der Waals surface area contributed by atoms with Gasteiger partial charge in [-0.3, -0.25) is 4.79 Å². The van der Waals surface area contributed by atoms with E-state index in [0.29, 0.717) is 16.0 Å². The van der Waals surface area contributed by atoms with E-state index < -0.39 is 0 Å². The highest BCUT2D eigenvalue weighted by Gasteiger charge is 2.16. The molecule has 0 spiro atoms. The molecule has 5 nitrogen and oxygen atoms in total. The summed E-state index contributed by atoms with van der Waals surface area (Å²) in [6.45, 7) is 2.48. The molecule has 0 saturated heterocycles. The molecule has 1 atom stereocenters. The topological polar surface area (TPSA) is 80.9 Å². The quantitative estimate of drug-likeness (QED) is 0.797. The molecule has 3 N–H and O–H groups in total. The predicted octanol–water partition coefficient (Wildman–Crippen LogP) is 1.96. The van der Waals surface area contributed by atoms with Crippen LogP contribution in [0.25, 0.3) is 0 Å². The van der Waals surface area contributed by atoms with E-state index in [1.807, 2.05) is 37.3 Å². The Balaban J connectivity index is 1.74. The molecular formula is C13H16N4OS2. The highest BCUT2D eigenvalue weighted by molar-refractivity contribution is 8.02. The number of amides is 1. The zero-order chi connectivity index (χ0) is 14.4. The lowest BCUT2D eigenvalue weighted by atomic mass is 10.1. The molecule has 1 heterocycles. The number of nitrogens with one attached hydrogen (secondary N) is 1. The smallest absolute Gasteiger partial charge is 0.233 e. The van der Waals surface area contributed by atoms with Crippen molar-refractivity contribution < 1.29 is 4.79 Å². The van der Waals surface area contributed by atoms with Crippen molar-refractivity contribution in [3.63, 3.8) is 0 Å².